The van der Waals surface area contributed by atoms with Gasteiger partial charge < -0.3 is 33.8 Å². The number of esters is 4. The molecule has 19 heteroatoms. The smallest absolute Gasteiger partial charge is 0.462 e. The van der Waals surface area contributed by atoms with Crippen LogP contribution in [0.4, 0.5) is 0 Å². The van der Waals surface area contributed by atoms with Crippen LogP contribution in [0.2, 0.25) is 0 Å². The van der Waals surface area contributed by atoms with Crippen molar-refractivity contribution in [1.29, 1.82) is 0 Å². The van der Waals surface area contributed by atoms with Crippen molar-refractivity contribution in [3.8, 4) is 0 Å². The van der Waals surface area contributed by atoms with E-state index in [1.54, 1.807) is 0 Å². The topological polar surface area (TPSA) is 237 Å². The van der Waals surface area contributed by atoms with Crippen LogP contribution in [0, 0.1) is 17.8 Å². The second kappa shape index (κ2) is 74.2. The highest BCUT2D eigenvalue weighted by atomic mass is 31.2. The number of ether oxygens (including phenoxy) is 4. The predicted molar refractivity (Wildman–Crippen MR) is 423 cm³/mol. The molecule has 0 bridgehead atoms. The summed E-state index contributed by atoms with van der Waals surface area (Å²) in [5.74, 6) is 0.239. The Hall–Kier alpha value is -1.94. The Kier molecular flexibility index (Phi) is 72.8. The predicted octanol–water partition coefficient (Wildman–Crippen LogP) is 25.3. The lowest BCUT2D eigenvalue weighted by Gasteiger charge is -2.21. The Morgan fingerprint density at radius 1 is 0.282 bits per heavy atom. The lowest BCUT2D eigenvalue weighted by Crippen LogP contribution is -2.30. The van der Waals surface area contributed by atoms with Crippen molar-refractivity contribution in [3.63, 3.8) is 0 Å². The van der Waals surface area contributed by atoms with Crippen molar-refractivity contribution in [2.75, 3.05) is 39.6 Å². The molecule has 0 aromatic rings. The minimum absolute atomic E-state index is 0.107. The molecular formula is C84H164O17P2. The van der Waals surface area contributed by atoms with Gasteiger partial charge in [-0.3, -0.25) is 37.3 Å². The Morgan fingerprint density at radius 3 is 0.738 bits per heavy atom. The molecule has 0 aliphatic rings. The standard InChI is InChI=1S/C84H164O17P2/c1-8-10-11-12-13-14-15-16-17-23-29-34-39-44-53-60-68-84(89)101-80(72-95-82(87)66-59-52-47-46-50-57-64-77(7)9-2)74-99-103(92,93)97-70-78(85)69-96-102(90,91)98-73-79(71-94-81(86)65-58-51-43-38-33-28-25-20-22-27-32-37-42-49-56-63-76(5)6)100-83(88)67-61-54-45-40-35-30-24-19-18-21-26-31-36-41-48-55-62-75(3)4/h75-80,85H,8-74H2,1-7H3,(H,90,91)(H,92,93)/t77?,78-,79-,80-/m1/s1. The van der Waals surface area contributed by atoms with Gasteiger partial charge in [0.1, 0.15) is 19.3 Å². The fourth-order valence-electron chi connectivity index (χ4n) is 13.0. The van der Waals surface area contributed by atoms with Crippen LogP contribution in [0.3, 0.4) is 0 Å². The molecule has 3 N–H and O–H groups in total. The van der Waals surface area contributed by atoms with Gasteiger partial charge in [-0.25, -0.2) is 9.13 Å². The molecule has 0 aromatic heterocycles. The Bertz CT molecular complexity index is 1990. The Balaban J connectivity index is 5.24. The monoisotopic (exact) mass is 1510 g/mol. The van der Waals surface area contributed by atoms with Crippen LogP contribution in [0.5, 0.6) is 0 Å². The number of carbonyl (C=O) groups excluding carboxylic acids is 4. The Morgan fingerprint density at radius 2 is 0.495 bits per heavy atom. The molecule has 17 nitrogen and oxygen atoms in total. The third-order valence-corrected chi connectivity index (χ3v) is 21.9. The zero-order valence-electron chi connectivity index (χ0n) is 67.8. The quantitative estimate of drug-likeness (QED) is 0.0222. The molecule has 0 rings (SSSR count). The maximum atomic E-state index is 13.1. The van der Waals surface area contributed by atoms with Gasteiger partial charge >= 0.3 is 39.5 Å². The molecule has 0 amide bonds. The highest BCUT2D eigenvalue weighted by Gasteiger charge is 2.30. The zero-order chi connectivity index (χ0) is 75.8. The fourth-order valence-corrected chi connectivity index (χ4v) is 14.6. The normalized spacial score (nSPS) is 14.2. The van der Waals surface area contributed by atoms with Crippen molar-refractivity contribution < 1.29 is 80.2 Å². The SMILES string of the molecule is CCCCCCCCCCCCCCCCCCC(=O)O[C@H](COC(=O)CCCCCCCCC(C)CC)COP(=O)(O)OC[C@H](O)COP(=O)(O)OC[C@@H](COC(=O)CCCCCCCCCCCCCCCCCC(C)C)OC(=O)CCCCCCCCCCCCCCCCCCC(C)C. The number of unbranched alkanes of at least 4 members (excludes halogenated alkanes) is 49. The van der Waals surface area contributed by atoms with Gasteiger partial charge in [-0.15, -0.1) is 0 Å². The average Bonchev–Trinajstić information content (AvgIpc) is 0.912. The van der Waals surface area contributed by atoms with E-state index in [4.69, 9.17) is 37.0 Å². The van der Waals surface area contributed by atoms with Crippen LogP contribution in [0.25, 0.3) is 0 Å². The van der Waals surface area contributed by atoms with Crippen LogP contribution in [-0.4, -0.2) is 96.7 Å². The van der Waals surface area contributed by atoms with Gasteiger partial charge in [0.25, 0.3) is 0 Å². The first kappa shape index (κ1) is 101. The van der Waals surface area contributed by atoms with Crippen LogP contribution in [0.15, 0.2) is 0 Å². The summed E-state index contributed by atoms with van der Waals surface area (Å²) in [5, 5.41) is 10.7. The molecule has 612 valence electrons. The number of aliphatic hydroxyl groups excluding tert-OH is 1. The first-order valence-electron chi connectivity index (χ1n) is 43.4. The van der Waals surface area contributed by atoms with Gasteiger partial charge in [-0.2, -0.15) is 0 Å². The zero-order valence-corrected chi connectivity index (χ0v) is 69.6. The second-order valence-corrected chi connectivity index (χ2v) is 34.3. The van der Waals surface area contributed by atoms with Crippen molar-refractivity contribution in [1.82, 2.24) is 0 Å². The van der Waals surface area contributed by atoms with E-state index >= 15 is 0 Å². The summed E-state index contributed by atoms with van der Waals surface area (Å²) in [6.45, 7) is 12.0. The van der Waals surface area contributed by atoms with Crippen molar-refractivity contribution in [2.45, 2.75) is 458 Å². The molecule has 0 saturated carbocycles. The number of hydrogen-bond donors (Lipinski definition) is 3. The summed E-state index contributed by atoms with van der Waals surface area (Å²) in [7, 11) is -9.93. The first-order valence-corrected chi connectivity index (χ1v) is 46.4. The molecule has 0 radical (unpaired) electrons. The van der Waals surface area contributed by atoms with E-state index < -0.39 is 97.5 Å². The third-order valence-electron chi connectivity index (χ3n) is 20.0. The molecule has 0 aliphatic heterocycles. The van der Waals surface area contributed by atoms with Gasteiger partial charge in [-0.1, -0.05) is 389 Å². The van der Waals surface area contributed by atoms with Gasteiger partial charge in [0.15, 0.2) is 12.2 Å². The van der Waals surface area contributed by atoms with E-state index in [1.807, 2.05) is 0 Å². The first-order chi connectivity index (χ1) is 49.8. The number of phosphoric ester groups is 2. The van der Waals surface area contributed by atoms with Gasteiger partial charge in [0.05, 0.1) is 26.4 Å². The summed E-state index contributed by atoms with van der Waals surface area (Å²) in [6.07, 6.45) is 63.8. The molecule has 3 unspecified atom stereocenters. The van der Waals surface area contributed by atoms with Gasteiger partial charge in [0.2, 0.25) is 0 Å². The van der Waals surface area contributed by atoms with Crippen molar-refractivity contribution >= 4 is 39.5 Å². The minimum atomic E-state index is -4.96. The molecule has 0 aromatic carbocycles. The number of aliphatic hydroxyl groups is 1. The van der Waals surface area contributed by atoms with E-state index in [-0.39, 0.29) is 25.7 Å². The Labute approximate surface area is 632 Å². The molecule has 0 fully saturated rings. The second-order valence-electron chi connectivity index (χ2n) is 31.4. The molecule has 6 atom stereocenters. The lowest BCUT2D eigenvalue weighted by molar-refractivity contribution is -0.161. The molecule has 0 spiro atoms. The van der Waals surface area contributed by atoms with Crippen LogP contribution >= 0.6 is 15.6 Å². The molecule has 0 aliphatic carbocycles. The number of carbonyl (C=O) groups is 4. The summed E-state index contributed by atoms with van der Waals surface area (Å²) in [4.78, 5) is 73.1. The lowest BCUT2D eigenvalue weighted by atomic mass is 10.00. The van der Waals surface area contributed by atoms with Crippen molar-refractivity contribution in [3.05, 3.63) is 0 Å². The van der Waals surface area contributed by atoms with E-state index in [9.17, 15) is 43.2 Å². The third kappa shape index (κ3) is 76.6. The van der Waals surface area contributed by atoms with Gasteiger partial charge in [0, 0.05) is 25.7 Å². The minimum Gasteiger partial charge on any atom is -0.462 e. The van der Waals surface area contributed by atoms with Crippen LogP contribution in [0.1, 0.15) is 440 Å². The van der Waals surface area contributed by atoms with Gasteiger partial charge in [-0.05, 0) is 43.4 Å². The molecular weight excluding hydrogens is 1340 g/mol. The summed E-state index contributed by atoms with van der Waals surface area (Å²) >= 11 is 0. The summed E-state index contributed by atoms with van der Waals surface area (Å²) in [5.41, 5.74) is 0. The van der Waals surface area contributed by atoms with E-state index in [0.717, 1.165) is 114 Å². The van der Waals surface area contributed by atoms with E-state index in [0.29, 0.717) is 25.7 Å². The summed E-state index contributed by atoms with van der Waals surface area (Å²) in [6, 6.07) is 0. The summed E-state index contributed by atoms with van der Waals surface area (Å²) < 4.78 is 68.8. The number of hydrogen-bond acceptors (Lipinski definition) is 15. The fraction of sp³-hybridized carbons (Fsp3) is 0.952. The molecule has 103 heavy (non-hydrogen) atoms. The largest absolute Gasteiger partial charge is 0.472 e. The number of rotatable bonds is 82. The highest BCUT2D eigenvalue weighted by Crippen LogP contribution is 2.45. The van der Waals surface area contributed by atoms with E-state index in [2.05, 4.69) is 48.5 Å². The van der Waals surface area contributed by atoms with Crippen molar-refractivity contribution in [2.24, 2.45) is 17.8 Å². The molecule has 0 heterocycles. The highest BCUT2D eigenvalue weighted by molar-refractivity contribution is 7.47. The van der Waals surface area contributed by atoms with Crippen LogP contribution in [-0.2, 0) is 65.4 Å². The maximum Gasteiger partial charge on any atom is 0.472 e. The molecule has 0 saturated heterocycles. The van der Waals surface area contributed by atoms with Crippen LogP contribution < -0.4 is 0 Å². The maximum absolute atomic E-state index is 13.1. The average molecular weight is 1510 g/mol. The number of phosphoric acid groups is 2. The van der Waals surface area contributed by atoms with E-state index in [1.165, 1.54) is 244 Å².